The van der Waals surface area contributed by atoms with Crippen LogP contribution in [0.2, 0.25) is 0 Å². The third-order valence-electron chi connectivity index (χ3n) is 1.26. The van der Waals surface area contributed by atoms with E-state index in [-0.39, 0.29) is 11.7 Å². The summed E-state index contributed by atoms with van der Waals surface area (Å²) in [6, 6.07) is 5.50. The first-order chi connectivity index (χ1) is 5.83. The van der Waals surface area contributed by atoms with Crippen LogP contribution in [0.1, 0.15) is 5.69 Å². The highest BCUT2D eigenvalue weighted by molar-refractivity contribution is 6.29. The molecule has 0 aliphatic heterocycles. The largest absolute Gasteiger partial charge is 0.294 e. The van der Waals surface area contributed by atoms with Gasteiger partial charge in [0.25, 0.3) is 0 Å². The van der Waals surface area contributed by atoms with Gasteiger partial charge in [-0.1, -0.05) is 6.07 Å². The molecule has 1 rings (SSSR count). The molecule has 0 aromatic carbocycles. The fraction of sp³-hybridized carbons (Fsp3) is 0.111. The molecule has 1 aromatic rings. The number of hydrogen-bond donors (Lipinski definition) is 0. The molecule has 0 saturated heterocycles. The molecule has 0 bridgehead atoms. The number of alkyl halides is 1. The fourth-order valence-electron chi connectivity index (χ4n) is 0.697. The molecule has 0 N–H and O–H groups in total. The molecule has 62 valence electrons. The lowest BCUT2D eigenvalue weighted by molar-refractivity contribution is -0.112. The molecule has 2 nitrogen and oxygen atoms in total. The van der Waals surface area contributed by atoms with Crippen molar-refractivity contribution in [1.82, 2.24) is 4.98 Å². The topological polar surface area (TPSA) is 30.0 Å². The molecule has 0 amide bonds. The van der Waals surface area contributed by atoms with Crippen LogP contribution in [0.3, 0.4) is 0 Å². The number of allylic oxidation sites excluding steroid dienone is 1. The molecule has 1 aromatic heterocycles. The second-order valence-electron chi connectivity index (χ2n) is 2.19. The van der Waals surface area contributed by atoms with E-state index in [1.807, 2.05) is 18.2 Å². The van der Waals surface area contributed by atoms with Gasteiger partial charge < -0.3 is 0 Å². The van der Waals surface area contributed by atoms with Gasteiger partial charge in [0.2, 0.25) is 0 Å². The van der Waals surface area contributed by atoms with Crippen molar-refractivity contribution in [2.45, 2.75) is 0 Å². The first kappa shape index (κ1) is 8.94. The second kappa shape index (κ2) is 4.67. The van der Waals surface area contributed by atoms with Crippen molar-refractivity contribution in [2.75, 3.05) is 5.88 Å². The summed E-state index contributed by atoms with van der Waals surface area (Å²) in [5.41, 5.74) is 0.760. The SMILES string of the molecule is O=C(/C=C/c1ccccn1)CCl. The Hall–Kier alpha value is -1.15. The van der Waals surface area contributed by atoms with Gasteiger partial charge in [0.05, 0.1) is 11.6 Å². The van der Waals surface area contributed by atoms with E-state index in [0.29, 0.717) is 0 Å². The Bertz CT molecular complexity index is 282. The summed E-state index contributed by atoms with van der Waals surface area (Å²) in [6.45, 7) is 0. The number of carbonyl (C=O) groups is 1. The van der Waals surface area contributed by atoms with E-state index in [9.17, 15) is 4.79 Å². The fourth-order valence-corrected chi connectivity index (χ4v) is 0.787. The smallest absolute Gasteiger partial charge is 0.170 e. The molecule has 1 heterocycles. The van der Waals surface area contributed by atoms with Crippen molar-refractivity contribution in [3.8, 4) is 0 Å². The van der Waals surface area contributed by atoms with Gasteiger partial charge in [-0.3, -0.25) is 9.78 Å². The van der Waals surface area contributed by atoms with Crippen LogP contribution in [0.5, 0.6) is 0 Å². The van der Waals surface area contributed by atoms with E-state index in [1.165, 1.54) is 6.08 Å². The first-order valence-corrected chi connectivity index (χ1v) is 4.04. The number of ketones is 1. The van der Waals surface area contributed by atoms with Crippen LogP contribution < -0.4 is 0 Å². The minimum absolute atomic E-state index is 0.0172. The third kappa shape index (κ3) is 2.84. The summed E-state index contributed by atoms with van der Waals surface area (Å²) in [6.07, 6.45) is 4.74. The molecule has 0 saturated carbocycles. The zero-order chi connectivity index (χ0) is 8.81. The highest BCUT2D eigenvalue weighted by Crippen LogP contribution is 1.96. The Kier molecular flexibility index (Phi) is 3.48. The van der Waals surface area contributed by atoms with Crippen LogP contribution in [0.15, 0.2) is 30.5 Å². The third-order valence-corrected chi connectivity index (χ3v) is 1.52. The summed E-state index contributed by atoms with van der Waals surface area (Å²) >= 11 is 5.30. The van der Waals surface area contributed by atoms with E-state index in [0.717, 1.165) is 5.69 Å². The zero-order valence-corrected chi connectivity index (χ0v) is 7.16. The van der Waals surface area contributed by atoms with Crippen LogP contribution in [-0.2, 0) is 4.79 Å². The molecule has 0 unspecified atom stereocenters. The lowest BCUT2D eigenvalue weighted by atomic mass is 10.3. The summed E-state index contributed by atoms with van der Waals surface area (Å²) in [4.78, 5) is 14.7. The second-order valence-corrected chi connectivity index (χ2v) is 2.46. The number of halogens is 1. The Morgan fingerprint density at radius 2 is 2.42 bits per heavy atom. The Labute approximate surface area is 75.9 Å². The van der Waals surface area contributed by atoms with Gasteiger partial charge in [-0.05, 0) is 24.3 Å². The molecule has 0 fully saturated rings. The van der Waals surface area contributed by atoms with Gasteiger partial charge in [-0.15, -0.1) is 11.6 Å². The maximum absolute atomic E-state index is 10.7. The summed E-state index contributed by atoms with van der Waals surface area (Å²) in [5.74, 6) is -0.0918. The summed E-state index contributed by atoms with van der Waals surface area (Å²) < 4.78 is 0. The van der Waals surface area contributed by atoms with Crippen molar-refractivity contribution in [2.24, 2.45) is 0 Å². The van der Waals surface area contributed by atoms with Crippen molar-refractivity contribution < 1.29 is 4.79 Å². The van der Waals surface area contributed by atoms with Crippen LogP contribution in [0.25, 0.3) is 6.08 Å². The Morgan fingerprint density at radius 3 is 3.00 bits per heavy atom. The van der Waals surface area contributed by atoms with Crippen molar-refractivity contribution in [3.05, 3.63) is 36.2 Å². The molecule has 0 radical (unpaired) electrons. The standard InChI is InChI=1S/C9H8ClNO/c10-7-9(12)5-4-8-3-1-2-6-11-8/h1-6H,7H2/b5-4+. The molecular formula is C9H8ClNO. The zero-order valence-electron chi connectivity index (χ0n) is 6.40. The quantitative estimate of drug-likeness (QED) is 0.527. The van der Waals surface area contributed by atoms with E-state index in [4.69, 9.17) is 11.6 Å². The van der Waals surface area contributed by atoms with E-state index in [2.05, 4.69) is 4.98 Å². The van der Waals surface area contributed by atoms with Gasteiger partial charge in [-0.2, -0.15) is 0 Å². The van der Waals surface area contributed by atoms with Gasteiger partial charge in [0, 0.05) is 6.20 Å². The Balaban J connectivity index is 2.64. The lowest BCUT2D eigenvalue weighted by Crippen LogP contribution is -1.91. The molecule has 3 heteroatoms. The Morgan fingerprint density at radius 1 is 1.58 bits per heavy atom. The average molecular weight is 182 g/mol. The predicted molar refractivity (Wildman–Crippen MR) is 49.0 cm³/mol. The number of rotatable bonds is 3. The van der Waals surface area contributed by atoms with Crippen LogP contribution in [0.4, 0.5) is 0 Å². The van der Waals surface area contributed by atoms with Gasteiger partial charge in [0.1, 0.15) is 0 Å². The number of pyridine rings is 1. The van der Waals surface area contributed by atoms with Crippen LogP contribution in [0, 0.1) is 0 Å². The van der Waals surface area contributed by atoms with Crippen LogP contribution in [-0.4, -0.2) is 16.6 Å². The summed E-state index contributed by atoms with van der Waals surface area (Å²) in [5, 5.41) is 0. The van der Waals surface area contributed by atoms with Crippen molar-refractivity contribution in [1.29, 1.82) is 0 Å². The number of nitrogens with zero attached hydrogens (tertiary/aromatic N) is 1. The summed E-state index contributed by atoms with van der Waals surface area (Å²) in [7, 11) is 0. The molecular weight excluding hydrogens is 174 g/mol. The maximum Gasteiger partial charge on any atom is 0.170 e. The van der Waals surface area contributed by atoms with E-state index in [1.54, 1.807) is 12.3 Å². The first-order valence-electron chi connectivity index (χ1n) is 3.51. The van der Waals surface area contributed by atoms with Crippen LogP contribution >= 0.6 is 11.6 Å². The van der Waals surface area contributed by atoms with E-state index < -0.39 is 0 Å². The minimum Gasteiger partial charge on any atom is -0.294 e. The molecule has 0 atom stereocenters. The highest BCUT2D eigenvalue weighted by Gasteiger charge is 1.91. The molecule has 0 aliphatic rings. The molecule has 12 heavy (non-hydrogen) atoms. The molecule has 0 aliphatic carbocycles. The molecule has 0 spiro atoms. The number of hydrogen-bond acceptors (Lipinski definition) is 2. The lowest BCUT2D eigenvalue weighted by Gasteiger charge is -1.88. The van der Waals surface area contributed by atoms with Gasteiger partial charge >= 0.3 is 0 Å². The number of aromatic nitrogens is 1. The monoisotopic (exact) mass is 181 g/mol. The number of carbonyl (C=O) groups excluding carboxylic acids is 1. The van der Waals surface area contributed by atoms with Gasteiger partial charge in [-0.25, -0.2) is 0 Å². The average Bonchev–Trinajstić information content (AvgIpc) is 2.16. The normalized spacial score (nSPS) is 10.4. The van der Waals surface area contributed by atoms with Gasteiger partial charge in [0.15, 0.2) is 5.78 Å². The maximum atomic E-state index is 10.7. The predicted octanol–water partition coefficient (Wildman–Crippen LogP) is 1.90. The van der Waals surface area contributed by atoms with Crippen molar-refractivity contribution >= 4 is 23.5 Å². The highest BCUT2D eigenvalue weighted by atomic mass is 35.5. The minimum atomic E-state index is -0.109. The van der Waals surface area contributed by atoms with Crippen molar-refractivity contribution in [3.63, 3.8) is 0 Å². The van der Waals surface area contributed by atoms with E-state index >= 15 is 0 Å².